The van der Waals surface area contributed by atoms with Gasteiger partial charge in [-0.05, 0) is 17.7 Å². The van der Waals surface area contributed by atoms with Gasteiger partial charge in [-0.3, -0.25) is 4.79 Å². The van der Waals surface area contributed by atoms with E-state index in [0.717, 1.165) is 11.8 Å². The van der Waals surface area contributed by atoms with E-state index in [9.17, 15) is 4.79 Å². The van der Waals surface area contributed by atoms with E-state index in [2.05, 4.69) is 0 Å². The topological polar surface area (TPSA) is 52.3 Å². The van der Waals surface area contributed by atoms with Gasteiger partial charge < -0.3 is 10.5 Å². The number of methoxy groups -OCH3 is 1. The first-order valence-electron chi connectivity index (χ1n) is 4.31. The number of benzene rings is 1. The Morgan fingerprint density at radius 3 is 2.86 bits per heavy atom. The molecule has 0 fully saturated rings. The first kappa shape index (κ1) is 10.5. The van der Waals surface area contributed by atoms with E-state index in [1.54, 1.807) is 19.2 Å². The molecule has 0 aromatic heterocycles. The van der Waals surface area contributed by atoms with Crippen LogP contribution < -0.4 is 10.5 Å². The molecule has 0 saturated carbocycles. The number of hydrogen-bond acceptors (Lipinski definition) is 3. The van der Waals surface area contributed by atoms with Crippen LogP contribution >= 0.6 is 0 Å². The lowest BCUT2D eigenvalue weighted by Gasteiger charge is -2.03. The summed E-state index contributed by atoms with van der Waals surface area (Å²) in [4.78, 5) is 10.6. The Hall–Kier alpha value is -1.61. The zero-order valence-electron chi connectivity index (χ0n) is 8.07. The summed E-state index contributed by atoms with van der Waals surface area (Å²) in [6.45, 7) is 0.498. The highest BCUT2D eigenvalue weighted by Crippen LogP contribution is 2.18. The first-order valence-corrected chi connectivity index (χ1v) is 4.31. The molecule has 0 aliphatic rings. The third-order valence-corrected chi connectivity index (χ3v) is 1.83. The van der Waals surface area contributed by atoms with Gasteiger partial charge in [0.15, 0.2) is 6.29 Å². The second-order valence-corrected chi connectivity index (χ2v) is 2.76. The van der Waals surface area contributed by atoms with Gasteiger partial charge in [0.05, 0.1) is 12.7 Å². The summed E-state index contributed by atoms with van der Waals surface area (Å²) < 4.78 is 5.06. The number of rotatable bonds is 4. The standard InChI is InChI=1S/C11H13NO2/c1-14-11-7-9(3-2-6-12)4-5-10(11)8-13/h2-5,7-8H,6,12H2,1H3. The molecule has 0 radical (unpaired) electrons. The Kier molecular flexibility index (Phi) is 3.88. The fourth-order valence-corrected chi connectivity index (χ4v) is 1.13. The molecule has 74 valence electrons. The van der Waals surface area contributed by atoms with Crippen molar-refractivity contribution in [2.45, 2.75) is 0 Å². The molecule has 14 heavy (non-hydrogen) atoms. The van der Waals surface area contributed by atoms with E-state index in [1.165, 1.54) is 0 Å². The fourth-order valence-electron chi connectivity index (χ4n) is 1.13. The predicted octanol–water partition coefficient (Wildman–Crippen LogP) is 1.48. The minimum absolute atomic E-state index is 0.498. The van der Waals surface area contributed by atoms with E-state index in [4.69, 9.17) is 10.5 Å². The van der Waals surface area contributed by atoms with E-state index in [-0.39, 0.29) is 0 Å². The Morgan fingerprint density at radius 1 is 1.50 bits per heavy atom. The quantitative estimate of drug-likeness (QED) is 0.733. The van der Waals surface area contributed by atoms with Crippen LogP contribution in [0.1, 0.15) is 15.9 Å². The van der Waals surface area contributed by atoms with Gasteiger partial charge in [-0.15, -0.1) is 0 Å². The third kappa shape index (κ3) is 2.44. The number of hydrogen-bond donors (Lipinski definition) is 1. The largest absolute Gasteiger partial charge is 0.496 e. The molecule has 0 saturated heterocycles. The summed E-state index contributed by atoms with van der Waals surface area (Å²) in [5.74, 6) is 0.583. The summed E-state index contributed by atoms with van der Waals surface area (Å²) >= 11 is 0. The van der Waals surface area contributed by atoms with Crippen LogP contribution in [0.3, 0.4) is 0 Å². The lowest BCUT2D eigenvalue weighted by Crippen LogP contribution is -1.93. The van der Waals surface area contributed by atoms with Crippen LogP contribution in [0.15, 0.2) is 24.3 Å². The average molecular weight is 191 g/mol. The Bertz CT molecular complexity index is 345. The molecule has 1 rings (SSSR count). The molecule has 0 aliphatic carbocycles. The number of aldehydes is 1. The minimum Gasteiger partial charge on any atom is -0.496 e. The molecule has 0 bridgehead atoms. The van der Waals surface area contributed by atoms with Crippen LogP contribution in [-0.2, 0) is 0 Å². The van der Waals surface area contributed by atoms with Crippen molar-refractivity contribution in [3.63, 3.8) is 0 Å². The van der Waals surface area contributed by atoms with Crippen molar-refractivity contribution in [3.05, 3.63) is 35.4 Å². The number of ether oxygens (including phenoxy) is 1. The average Bonchev–Trinajstić information content (AvgIpc) is 2.25. The van der Waals surface area contributed by atoms with Crippen LogP contribution in [0, 0.1) is 0 Å². The molecular weight excluding hydrogens is 178 g/mol. The normalized spacial score (nSPS) is 10.4. The lowest BCUT2D eigenvalue weighted by molar-refractivity contribution is 0.112. The molecule has 1 aromatic carbocycles. The third-order valence-electron chi connectivity index (χ3n) is 1.83. The van der Waals surface area contributed by atoms with Crippen molar-refractivity contribution in [1.29, 1.82) is 0 Å². The van der Waals surface area contributed by atoms with Crippen LogP contribution in [-0.4, -0.2) is 19.9 Å². The highest BCUT2D eigenvalue weighted by molar-refractivity contribution is 5.80. The number of nitrogens with two attached hydrogens (primary N) is 1. The molecule has 2 N–H and O–H groups in total. The second-order valence-electron chi connectivity index (χ2n) is 2.76. The Morgan fingerprint density at radius 2 is 2.29 bits per heavy atom. The summed E-state index contributed by atoms with van der Waals surface area (Å²) in [5.41, 5.74) is 6.85. The second kappa shape index (κ2) is 5.19. The zero-order valence-corrected chi connectivity index (χ0v) is 8.07. The summed E-state index contributed by atoms with van der Waals surface area (Å²) in [5, 5.41) is 0. The minimum atomic E-state index is 0.498. The van der Waals surface area contributed by atoms with E-state index < -0.39 is 0 Å². The van der Waals surface area contributed by atoms with Gasteiger partial charge in [-0.2, -0.15) is 0 Å². The highest BCUT2D eigenvalue weighted by atomic mass is 16.5. The maximum Gasteiger partial charge on any atom is 0.153 e. The molecular formula is C11H13NO2. The van der Waals surface area contributed by atoms with E-state index in [0.29, 0.717) is 17.9 Å². The van der Waals surface area contributed by atoms with Gasteiger partial charge in [0, 0.05) is 6.54 Å². The molecule has 0 unspecified atom stereocenters. The van der Waals surface area contributed by atoms with Crippen molar-refractivity contribution in [2.24, 2.45) is 5.73 Å². The summed E-state index contributed by atoms with van der Waals surface area (Å²) in [6, 6.07) is 5.37. The number of carbonyl (C=O) groups excluding carboxylic acids is 1. The van der Waals surface area contributed by atoms with Gasteiger partial charge in [-0.25, -0.2) is 0 Å². The Balaban J connectivity index is 3.01. The molecule has 0 amide bonds. The molecule has 0 spiro atoms. The smallest absolute Gasteiger partial charge is 0.153 e. The molecule has 0 atom stereocenters. The van der Waals surface area contributed by atoms with Crippen LogP contribution in [0.5, 0.6) is 5.75 Å². The Labute approximate surface area is 83.2 Å². The van der Waals surface area contributed by atoms with E-state index in [1.807, 2.05) is 18.2 Å². The van der Waals surface area contributed by atoms with Gasteiger partial charge in [0.2, 0.25) is 0 Å². The molecule has 0 heterocycles. The number of carbonyl (C=O) groups is 1. The van der Waals surface area contributed by atoms with Gasteiger partial charge in [-0.1, -0.05) is 18.2 Å². The first-order chi connectivity index (χ1) is 6.81. The van der Waals surface area contributed by atoms with E-state index >= 15 is 0 Å². The molecule has 1 aromatic rings. The van der Waals surface area contributed by atoms with Gasteiger partial charge >= 0.3 is 0 Å². The van der Waals surface area contributed by atoms with Crippen molar-refractivity contribution in [2.75, 3.05) is 13.7 Å². The maximum atomic E-state index is 10.6. The van der Waals surface area contributed by atoms with Crippen LogP contribution in [0.2, 0.25) is 0 Å². The molecule has 3 nitrogen and oxygen atoms in total. The van der Waals surface area contributed by atoms with Crippen LogP contribution in [0.4, 0.5) is 0 Å². The SMILES string of the molecule is COc1cc(C=CCN)ccc1C=O. The van der Waals surface area contributed by atoms with Crippen LogP contribution in [0.25, 0.3) is 6.08 Å². The fraction of sp³-hybridized carbons (Fsp3) is 0.182. The van der Waals surface area contributed by atoms with Crippen molar-refractivity contribution in [3.8, 4) is 5.75 Å². The molecule has 3 heteroatoms. The molecule has 0 aliphatic heterocycles. The predicted molar refractivity (Wildman–Crippen MR) is 56.5 cm³/mol. The monoisotopic (exact) mass is 191 g/mol. The summed E-state index contributed by atoms with van der Waals surface area (Å²) in [7, 11) is 1.54. The lowest BCUT2D eigenvalue weighted by atomic mass is 10.1. The van der Waals surface area contributed by atoms with Gasteiger partial charge in [0.25, 0.3) is 0 Å². The summed E-state index contributed by atoms with van der Waals surface area (Å²) in [6.07, 6.45) is 4.50. The highest BCUT2D eigenvalue weighted by Gasteiger charge is 2.00. The zero-order chi connectivity index (χ0) is 10.4. The van der Waals surface area contributed by atoms with Crippen molar-refractivity contribution in [1.82, 2.24) is 0 Å². The maximum absolute atomic E-state index is 10.6. The van der Waals surface area contributed by atoms with Gasteiger partial charge in [0.1, 0.15) is 5.75 Å². The van der Waals surface area contributed by atoms with Crippen molar-refractivity contribution < 1.29 is 9.53 Å². The van der Waals surface area contributed by atoms with Crippen molar-refractivity contribution >= 4 is 12.4 Å².